The van der Waals surface area contributed by atoms with Crippen molar-refractivity contribution in [3.8, 4) is 0 Å². The molecular formula is C14H19NO3. The van der Waals surface area contributed by atoms with E-state index in [2.05, 4.69) is 5.32 Å². The molecule has 4 nitrogen and oxygen atoms in total. The number of rotatable bonds is 4. The second kappa shape index (κ2) is 5.50. The van der Waals surface area contributed by atoms with Gasteiger partial charge in [-0.05, 0) is 25.3 Å². The van der Waals surface area contributed by atoms with Gasteiger partial charge >= 0.3 is 0 Å². The summed E-state index contributed by atoms with van der Waals surface area (Å²) in [5.41, 5.74) is 0.0754. The zero-order valence-electron chi connectivity index (χ0n) is 10.6. The van der Waals surface area contributed by atoms with Gasteiger partial charge in [0.15, 0.2) is 0 Å². The van der Waals surface area contributed by atoms with Gasteiger partial charge in [-0.25, -0.2) is 0 Å². The van der Waals surface area contributed by atoms with E-state index < -0.39 is 11.7 Å². The second-order valence-electron chi connectivity index (χ2n) is 4.82. The average Bonchev–Trinajstić information content (AvgIpc) is 2.85. The van der Waals surface area contributed by atoms with E-state index in [9.17, 15) is 9.90 Å². The first-order chi connectivity index (χ1) is 8.62. The van der Waals surface area contributed by atoms with E-state index in [4.69, 9.17) is 4.74 Å². The van der Waals surface area contributed by atoms with E-state index in [0.29, 0.717) is 6.61 Å². The Labute approximate surface area is 107 Å². The molecule has 2 rings (SSSR count). The summed E-state index contributed by atoms with van der Waals surface area (Å²) >= 11 is 0. The van der Waals surface area contributed by atoms with Crippen molar-refractivity contribution in [2.24, 2.45) is 0 Å². The molecule has 18 heavy (non-hydrogen) atoms. The molecule has 1 aromatic carbocycles. The van der Waals surface area contributed by atoms with Gasteiger partial charge in [0.05, 0.1) is 6.10 Å². The van der Waals surface area contributed by atoms with E-state index in [0.717, 1.165) is 18.4 Å². The number of benzene rings is 1. The van der Waals surface area contributed by atoms with E-state index in [-0.39, 0.29) is 12.5 Å². The molecule has 4 heteroatoms. The number of aliphatic hydroxyl groups excluding tert-OH is 1. The van der Waals surface area contributed by atoms with Gasteiger partial charge in [-0.3, -0.25) is 4.79 Å². The third-order valence-electron chi connectivity index (χ3n) is 3.34. The molecule has 0 saturated carbocycles. The number of carbonyl (C=O) groups excluding carboxylic acids is 1. The summed E-state index contributed by atoms with van der Waals surface area (Å²) in [7, 11) is 0. The van der Waals surface area contributed by atoms with Crippen molar-refractivity contribution in [3.05, 3.63) is 35.9 Å². The molecule has 1 saturated heterocycles. The van der Waals surface area contributed by atoms with E-state index in [1.807, 2.05) is 30.3 Å². The minimum atomic E-state index is -0.726. The minimum absolute atomic E-state index is 0.144. The number of nitrogens with one attached hydrogen (secondary N) is 1. The maximum Gasteiger partial charge on any atom is 0.252 e. The summed E-state index contributed by atoms with van der Waals surface area (Å²) < 4.78 is 5.45. The monoisotopic (exact) mass is 249 g/mol. The topological polar surface area (TPSA) is 58.6 Å². The molecule has 0 bridgehead atoms. The predicted molar refractivity (Wildman–Crippen MR) is 68.0 cm³/mol. The van der Waals surface area contributed by atoms with Gasteiger partial charge in [0.25, 0.3) is 5.91 Å². The van der Waals surface area contributed by atoms with Crippen molar-refractivity contribution < 1.29 is 14.6 Å². The third kappa shape index (κ3) is 2.89. The summed E-state index contributed by atoms with van der Waals surface area (Å²) in [6.07, 6.45) is 0.964. The Hall–Kier alpha value is -1.39. The highest BCUT2D eigenvalue weighted by Crippen LogP contribution is 2.25. The van der Waals surface area contributed by atoms with Crippen molar-refractivity contribution in [3.63, 3.8) is 0 Å². The Balaban J connectivity index is 1.86. The van der Waals surface area contributed by atoms with Crippen molar-refractivity contribution in [2.75, 3.05) is 13.2 Å². The molecular weight excluding hydrogens is 230 g/mol. The van der Waals surface area contributed by atoms with Crippen LogP contribution in [0.2, 0.25) is 0 Å². The smallest absolute Gasteiger partial charge is 0.252 e. The fourth-order valence-electron chi connectivity index (χ4n) is 2.13. The van der Waals surface area contributed by atoms with Crippen LogP contribution in [-0.2, 0) is 9.53 Å². The first kappa shape index (κ1) is 13.1. The van der Waals surface area contributed by atoms with Crippen LogP contribution in [0.1, 0.15) is 31.4 Å². The summed E-state index contributed by atoms with van der Waals surface area (Å²) in [5.74, 6) is -0.144. The SMILES string of the molecule is CC1(C(=O)NCC(O)c2ccccc2)CCCO1. The molecule has 1 aliphatic rings. The normalized spacial score (nSPS) is 24.8. The Morgan fingerprint density at radius 2 is 2.22 bits per heavy atom. The molecule has 0 aliphatic carbocycles. The minimum Gasteiger partial charge on any atom is -0.387 e. The van der Waals surface area contributed by atoms with Crippen LogP contribution in [-0.4, -0.2) is 29.8 Å². The maximum absolute atomic E-state index is 12.0. The third-order valence-corrected chi connectivity index (χ3v) is 3.34. The first-order valence-electron chi connectivity index (χ1n) is 6.27. The Kier molecular flexibility index (Phi) is 3.99. The summed E-state index contributed by atoms with van der Waals surface area (Å²) in [6, 6.07) is 9.29. The quantitative estimate of drug-likeness (QED) is 0.848. The van der Waals surface area contributed by atoms with Crippen molar-refractivity contribution in [1.82, 2.24) is 5.32 Å². The van der Waals surface area contributed by atoms with Gasteiger partial charge in [0.2, 0.25) is 0 Å². The molecule has 2 unspecified atom stereocenters. The van der Waals surface area contributed by atoms with Gasteiger partial charge in [-0.15, -0.1) is 0 Å². The number of ether oxygens (including phenoxy) is 1. The van der Waals surface area contributed by atoms with Gasteiger partial charge in [0, 0.05) is 13.2 Å². The fourth-order valence-corrected chi connectivity index (χ4v) is 2.13. The van der Waals surface area contributed by atoms with Crippen LogP contribution in [0.4, 0.5) is 0 Å². The number of hydrogen-bond acceptors (Lipinski definition) is 3. The zero-order chi connectivity index (χ0) is 13.0. The summed E-state index contributed by atoms with van der Waals surface area (Å²) in [5, 5.41) is 12.7. The molecule has 98 valence electrons. The van der Waals surface area contributed by atoms with Gasteiger partial charge in [0.1, 0.15) is 5.60 Å². The first-order valence-corrected chi connectivity index (χ1v) is 6.27. The number of amides is 1. The molecule has 1 aromatic rings. The number of carbonyl (C=O) groups is 1. The van der Waals surface area contributed by atoms with Crippen molar-refractivity contribution in [1.29, 1.82) is 0 Å². The molecule has 1 fully saturated rings. The highest BCUT2D eigenvalue weighted by atomic mass is 16.5. The van der Waals surface area contributed by atoms with Gasteiger partial charge in [-0.1, -0.05) is 30.3 Å². The zero-order valence-corrected chi connectivity index (χ0v) is 10.6. The summed E-state index contributed by atoms with van der Waals surface area (Å²) in [4.78, 5) is 12.0. The van der Waals surface area contributed by atoms with E-state index >= 15 is 0 Å². The Morgan fingerprint density at radius 3 is 2.83 bits per heavy atom. The second-order valence-corrected chi connectivity index (χ2v) is 4.82. The lowest BCUT2D eigenvalue weighted by atomic mass is 10.0. The van der Waals surface area contributed by atoms with Crippen LogP contribution in [0.5, 0.6) is 0 Å². The van der Waals surface area contributed by atoms with Crippen LogP contribution >= 0.6 is 0 Å². The van der Waals surface area contributed by atoms with Gasteiger partial charge < -0.3 is 15.2 Å². The van der Waals surface area contributed by atoms with Gasteiger partial charge in [-0.2, -0.15) is 0 Å². The Morgan fingerprint density at radius 1 is 1.50 bits per heavy atom. The highest BCUT2D eigenvalue weighted by Gasteiger charge is 2.37. The average molecular weight is 249 g/mol. The standard InChI is InChI=1S/C14H19NO3/c1-14(8-5-9-18-14)13(17)15-10-12(16)11-6-3-2-4-7-11/h2-4,6-7,12,16H,5,8-10H2,1H3,(H,15,17). The fraction of sp³-hybridized carbons (Fsp3) is 0.500. The Bertz CT molecular complexity index is 399. The van der Waals surface area contributed by atoms with Crippen LogP contribution in [0.25, 0.3) is 0 Å². The number of aliphatic hydroxyl groups is 1. The van der Waals surface area contributed by atoms with Crippen LogP contribution in [0, 0.1) is 0 Å². The summed E-state index contributed by atoms with van der Waals surface area (Å²) in [6.45, 7) is 2.64. The van der Waals surface area contributed by atoms with Crippen molar-refractivity contribution in [2.45, 2.75) is 31.5 Å². The lowest BCUT2D eigenvalue weighted by molar-refractivity contribution is -0.140. The largest absolute Gasteiger partial charge is 0.387 e. The van der Waals surface area contributed by atoms with E-state index in [1.54, 1.807) is 6.92 Å². The molecule has 2 atom stereocenters. The lowest BCUT2D eigenvalue weighted by Crippen LogP contribution is -2.45. The molecule has 0 aromatic heterocycles. The predicted octanol–water partition coefficient (Wildman–Crippen LogP) is 1.41. The molecule has 0 radical (unpaired) electrons. The van der Waals surface area contributed by atoms with Crippen LogP contribution in [0.3, 0.4) is 0 Å². The highest BCUT2D eigenvalue weighted by molar-refractivity contribution is 5.85. The maximum atomic E-state index is 12.0. The molecule has 1 amide bonds. The van der Waals surface area contributed by atoms with Crippen molar-refractivity contribution >= 4 is 5.91 Å². The molecule has 1 heterocycles. The molecule has 1 aliphatic heterocycles. The lowest BCUT2D eigenvalue weighted by Gasteiger charge is -2.23. The van der Waals surface area contributed by atoms with E-state index in [1.165, 1.54) is 0 Å². The molecule has 2 N–H and O–H groups in total. The van der Waals surface area contributed by atoms with Crippen LogP contribution in [0.15, 0.2) is 30.3 Å². The molecule has 0 spiro atoms. The van der Waals surface area contributed by atoms with Crippen LogP contribution < -0.4 is 5.32 Å². The number of hydrogen-bond donors (Lipinski definition) is 2.